The molecule has 1 atom stereocenters. The number of hydrogen-bond donors (Lipinski definition) is 1. The van der Waals surface area contributed by atoms with Crippen molar-refractivity contribution in [1.82, 2.24) is 15.0 Å². The molecule has 3 aromatic rings. The summed E-state index contributed by atoms with van der Waals surface area (Å²) in [6.07, 6.45) is 0.227. The van der Waals surface area contributed by atoms with E-state index >= 15 is 0 Å². The maximum Gasteiger partial charge on any atom is 0.254 e. The Labute approximate surface area is 158 Å². The largest absolute Gasteiger partial charge is 0.388 e. The van der Waals surface area contributed by atoms with Crippen LogP contribution in [0.5, 0.6) is 0 Å². The van der Waals surface area contributed by atoms with Gasteiger partial charge in [0.05, 0.1) is 12.6 Å². The number of hydrogen-bond acceptors (Lipinski definition) is 5. The van der Waals surface area contributed by atoms with Crippen LogP contribution >= 0.6 is 0 Å². The van der Waals surface area contributed by atoms with Gasteiger partial charge < -0.3 is 14.5 Å². The van der Waals surface area contributed by atoms with Gasteiger partial charge in [-0.05, 0) is 35.2 Å². The van der Waals surface area contributed by atoms with Crippen molar-refractivity contribution in [1.29, 1.82) is 0 Å². The fourth-order valence-corrected chi connectivity index (χ4v) is 2.88. The van der Waals surface area contributed by atoms with Crippen molar-refractivity contribution in [3.63, 3.8) is 0 Å². The summed E-state index contributed by atoms with van der Waals surface area (Å²) in [6, 6.07) is 15.2. The molecule has 3 rings (SSSR count). The third-order valence-corrected chi connectivity index (χ3v) is 4.42. The van der Waals surface area contributed by atoms with Crippen LogP contribution in [-0.4, -0.2) is 33.1 Å². The van der Waals surface area contributed by atoms with E-state index < -0.39 is 6.10 Å². The van der Waals surface area contributed by atoms with Crippen LogP contribution in [0.15, 0.2) is 53.1 Å². The summed E-state index contributed by atoms with van der Waals surface area (Å²) in [5.41, 5.74) is 3.42. The first-order valence-corrected chi connectivity index (χ1v) is 8.91. The average Bonchev–Trinajstić information content (AvgIpc) is 3.11. The van der Waals surface area contributed by atoms with Crippen LogP contribution in [0.4, 0.5) is 0 Å². The molecule has 1 amide bonds. The van der Waals surface area contributed by atoms with Gasteiger partial charge in [-0.1, -0.05) is 48.5 Å². The number of benzene rings is 2. The van der Waals surface area contributed by atoms with Crippen molar-refractivity contribution in [2.24, 2.45) is 0 Å². The highest BCUT2D eigenvalue weighted by atomic mass is 16.5. The Morgan fingerprint density at radius 1 is 1.19 bits per heavy atom. The zero-order valence-electron chi connectivity index (χ0n) is 15.7. The summed E-state index contributed by atoms with van der Waals surface area (Å²) in [6.45, 7) is 3.94. The first kappa shape index (κ1) is 18.8. The fraction of sp³-hybridized carbons (Fsp3) is 0.286. The quantitative estimate of drug-likeness (QED) is 0.719. The number of rotatable bonds is 6. The number of nitrogens with zero attached hydrogens (tertiary/aromatic N) is 3. The third kappa shape index (κ3) is 4.41. The predicted molar refractivity (Wildman–Crippen MR) is 102 cm³/mol. The molecule has 1 unspecified atom stereocenters. The fourth-order valence-electron chi connectivity index (χ4n) is 2.88. The maximum absolute atomic E-state index is 12.7. The zero-order valence-corrected chi connectivity index (χ0v) is 15.7. The van der Waals surface area contributed by atoms with E-state index in [0.29, 0.717) is 23.7 Å². The van der Waals surface area contributed by atoms with Crippen molar-refractivity contribution in [2.75, 3.05) is 7.05 Å². The lowest BCUT2D eigenvalue weighted by Gasteiger charge is -2.16. The number of amides is 1. The summed E-state index contributed by atoms with van der Waals surface area (Å²) >= 11 is 0. The van der Waals surface area contributed by atoms with E-state index in [4.69, 9.17) is 4.52 Å². The zero-order chi connectivity index (χ0) is 19.4. The molecule has 0 saturated carbocycles. The minimum atomic E-state index is -0.450. The second kappa shape index (κ2) is 8.14. The Morgan fingerprint density at radius 3 is 2.56 bits per heavy atom. The van der Waals surface area contributed by atoms with Crippen LogP contribution in [0, 0.1) is 6.92 Å². The molecule has 140 valence electrons. The number of aryl methyl sites for hydroxylation is 1. The summed E-state index contributed by atoms with van der Waals surface area (Å²) in [4.78, 5) is 18.4. The van der Waals surface area contributed by atoms with E-state index in [9.17, 15) is 9.90 Å². The molecule has 0 aliphatic heterocycles. The number of aliphatic hydroxyl groups excluding tert-OH is 1. The number of aliphatic hydroxyl groups is 1. The van der Waals surface area contributed by atoms with Crippen LogP contribution < -0.4 is 0 Å². The summed E-state index contributed by atoms with van der Waals surface area (Å²) in [5.74, 6) is 0.839. The molecule has 0 spiro atoms. The second-order valence-electron chi connectivity index (χ2n) is 6.52. The van der Waals surface area contributed by atoms with E-state index in [2.05, 4.69) is 10.1 Å². The van der Waals surface area contributed by atoms with Gasteiger partial charge in [0.1, 0.15) is 0 Å². The van der Waals surface area contributed by atoms with E-state index in [1.54, 1.807) is 24.9 Å². The highest BCUT2D eigenvalue weighted by molar-refractivity contribution is 5.95. The Morgan fingerprint density at radius 2 is 1.93 bits per heavy atom. The third-order valence-electron chi connectivity index (χ3n) is 4.42. The average molecular weight is 365 g/mol. The predicted octanol–water partition coefficient (Wildman–Crippen LogP) is 3.76. The molecule has 6 nitrogen and oxygen atoms in total. The molecule has 0 aliphatic rings. The topological polar surface area (TPSA) is 79.5 Å². The van der Waals surface area contributed by atoms with Gasteiger partial charge in [0.25, 0.3) is 5.91 Å². The highest BCUT2D eigenvalue weighted by Gasteiger charge is 2.15. The normalized spacial score (nSPS) is 12.0. The SMILES string of the molecule is CCC(O)c1ccc(-c2cccc(C(=O)N(C)Cc3noc(C)n3)c2)cc1. The monoisotopic (exact) mass is 365 g/mol. The number of aromatic nitrogens is 2. The molecule has 0 bridgehead atoms. The Balaban J connectivity index is 1.77. The van der Waals surface area contributed by atoms with E-state index in [1.165, 1.54) is 0 Å². The van der Waals surface area contributed by atoms with Gasteiger partial charge in [-0.2, -0.15) is 4.98 Å². The standard InChI is InChI=1S/C21H23N3O3/c1-4-19(25)16-10-8-15(9-11-16)17-6-5-7-18(12-17)21(26)24(3)13-20-22-14(2)27-23-20/h5-12,19,25H,4,13H2,1-3H3. The number of carbonyl (C=O) groups excluding carboxylic acids is 1. The summed E-state index contributed by atoms with van der Waals surface area (Å²) in [5, 5.41) is 13.8. The van der Waals surface area contributed by atoms with Gasteiger partial charge in [-0.3, -0.25) is 4.79 Å². The molecule has 1 N–H and O–H groups in total. The van der Waals surface area contributed by atoms with Crippen molar-refractivity contribution in [3.05, 3.63) is 71.4 Å². The van der Waals surface area contributed by atoms with Gasteiger partial charge >= 0.3 is 0 Å². The minimum absolute atomic E-state index is 0.114. The molecule has 1 heterocycles. The van der Waals surface area contributed by atoms with Crippen molar-refractivity contribution < 1.29 is 14.4 Å². The molecule has 0 radical (unpaired) electrons. The Kier molecular flexibility index (Phi) is 5.66. The summed E-state index contributed by atoms with van der Waals surface area (Å²) in [7, 11) is 1.71. The molecule has 0 saturated heterocycles. The van der Waals surface area contributed by atoms with E-state index in [1.807, 2.05) is 49.4 Å². The number of carbonyl (C=O) groups is 1. The summed E-state index contributed by atoms with van der Waals surface area (Å²) < 4.78 is 4.95. The lowest BCUT2D eigenvalue weighted by atomic mass is 9.99. The van der Waals surface area contributed by atoms with Crippen LogP contribution in [0.1, 0.15) is 47.1 Å². The van der Waals surface area contributed by atoms with E-state index in [-0.39, 0.29) is 12.5 Å². The molecular formula is C21H23N3O3. The van der Waals surface area contributed by atoms with Crippen molar-refractivity contribution >= 4 is 5.91 Å². The lowest BCUT2D eigenvalue weighted by Crippen LogP contribution is -2.26. The van der Waals surface area contributed by atoms with Gasteiger partial charge in [0.15, 0.2) is 5.82 Å². The van der Waals surface area contributed by atoms with Gasteiger partial charge in [-0.25, -0.2) is 0 Å². The molecular weight excluding hydrogens is 342 g/mol. The molecule has 27 heavy (non-hydrogen) atoms. The van der Waals surface area contributed by atoms with Crippen LogP contribution in [0.2, 0.25) is 0 Å². The smallest absolute Gasteiger partial charge is 0.254 e. The molecule has 0 fully saturated rings. The molecule has 6 heteroatoms. The molecule has 1 aromatic heterocycles. The maximum atomic E-state index is 12.7. The molecule has 2 aromatic carbocycles. The Hall–Kier alpha value is -2.99. The van der Waals surface area contributed by atoms with Gasteiger partial charge in [-0.15, -0.1) is 0 Å². The van der Waals surface area contributed by atoms with Crippen molar-refractivity contribution in [2.45, 2.75) is 32.9 Å². The highest BCUT2D eigenvalue weighted by Crippen LogP contribution is 2.24. The first-order chi connectivity index (χ1) is 13.0. The van der Waals surface area contributed by atoms with Gasteiger partial charge in [0, 0.05) is 19.5 Å². The van der Waals surface area contributed by atoms with Crippen LogP contribution in [0.25, 0.3) is 11.1 Å². The van der Waals surface area contributed by atoms with Crippen molar-refractivity contribution in [3.8, 4) is 11.1 Å². The van der Waals surface area contributed by atoms with Crippen LogP contribution in [0.3, 0.4) is 0 Å². The van der Waals surface area contributed by atoms with Crippen LogP contribution in [-0.2, 0) is 6.54 Å². The second-order valence-corrected chi connectivity index (χ2v) is 6.52. The first-order valence-electron chi connectivity index (χ1n) is 8.91. The van der Waals surface area contributed by atoms with E-state index in [0.717, 1.165) is 16.7 Å². The minimum Gasteiger partial charge on any atom is -0.388 e. The molecule has 0 aliphatic carbocycles. The lowest BCUT2D eigenvalue weighted by molar-refractivity contribution is 0.0780. The van der Waals surface area contributed by atoms with Gasteiger partial charge in [0.2, 0.25) is 5.89 Å². The Bertz CT molecular complexity index is 918.